The molecule has 1 aromatic heterocycles. The first-order valence-electron chi connectivity index (χ1n) is 3.23. The van der Waals surface area contributed by atoms with Gasteiger partial charge in [-0.2, -0.15) is 0 Å². The Morgan fingerprint density at radius 3 is 2.75 bits per heavy atom. The van der Waals surface area contributed by atoms with Gasteiger partial charge in [-0.25, -0.2) is 9.78 Å². The molecule has 0 aliphatic carbocycles. The highest BCUT2D eigenvalue weighted by atomic mass is 35.5. The molecule has 1 heterocycles. The van der Waals surface area contributed by atoms with E-state index in [2.05, 4.69) is 14.7 Å². The lowest BCUT2D eigenvalue weighted by Crippen LogP contribution is -2.05. The van der Waals surface area contributed by atoms with Crippen LogP contribution in [0.15, 0.2) is 12.4 Å². The van der Waals surface area contributed by atoms with Crippen molar-refractivity contribution >= 4 is 17.6 Å². The molecule has 64 valence electrons. The van der Waals surface area contributed by atoms with Crippen molar-refractivity contribution in [2.45, 2.75) is 5.88 Å². The van der Waals surface area contributed by atoms with Crippen LogP contribution >= 0.6 is 11.6 Å². The lowest BCUT2D eigenvalue weighted by atomic mass is 10.4. The Balaban J connectivity index is 2.84. The lowest BCUT2D eigenvalue weighted by Gasteiger charge is -1.97. The van der Waals surface area contributed by atoms with Gasteiger partial charge in [-0.1, -0.05) is 0 Å². The zero-order chi connectivity index (χ0) is 8.97. The van der Waals surface area contributed by atoms with E-state index < -0.39 is 5.97 Å². The van der Waals surface area contributed by atoms with Gasteiger partial charge in [0.1, 0.15) is 0 Å². The quantitative estimate of drug-likeness (QED) is 0.511. The fourth-order valence-corrected chi connectivity index (χ4v) is 0.772. The number of carbonyl (C=O) groups excluding carboxylic acids is 1. The molecule has 12 heavy (non-hydrogen) atoms. The standard InChI is InChI=1S/C7H7ClN2O2/c1-12-7(11)6-4-9-5(2-8)3-10-6/h3-4H,2H2,1H3. The van der Waals surface area contributed by atoms with Crippen molar-refractivity contribution in [3.05, 3.63) is 23.8 Å². The zero-order valence-electron chi connectivity index (χ0n) is 6.45. The topological polar surface area (TPSA) is 52.1 Å². The fourth-order valence-electron chi connectivity index (χ4n) is 0.634. The van der Waals surface area contributed by atoms with Gasteiger partial charge < -0.3 is 4.74 Å². The normalized spacial score (nSPS) is 9.50. The first-order valence-corrected chi connectivity index (χ1v) is 3.76. The maximum atomic E-state index is 10.9. The molecule has 0 N–H and O–H groups in total. The van der Waals surface area contributed by atoms with Crippen LogP contribution in [-0.2, 0) is 10.6 Å². The smallest absolute Gasteiger partial charge is 0.358 e. The molecule has 0 bridgehead atoms. The van der Waals surface area contributed by atoms with Gasteiger partial charge in [0, 0.05) is 0 Å². The van der Waals surface area contributed by atoms with Crippen LogP contribution in [0.2, 0.25) is 0 Å². The second-order valence-corrected chi connectivity index (χ2v) is 2.29. The highest BCUT2D eigenvalue weighted by Crippen LogP contribution is 1.99. The minimum absolute atomic E-state index is 0.186. The van der Waals surface area contributed by atoms with Crippen LogP contribution in [0.3, 0.4) is 0 Å². The predicted molar refractivity (Wildman–Crippen MR) is 42.9 cm³/mol. The number of carbonyl (C=O) groups is 1. The highest BCUT2D eigenvalue weighted by molar-refractivity contribution is 6.16. The van der Waals surface area contributed by atoms with Gasteiger partial charge in [0.05, 0.1) is 31.1 Å². The summed E-state index contributed by atoms with van der Waals surface area (Å²) in [5.41, 5.74) is 0.815. The second-order valence-electron chi connectivity index (χ2n) is 2.02. The van der Waals surface area contributed by atoms with Crippen molar-refractivity contribution in [1.82, 2.24) is 9.97 Å². The molecule has 1 aromatic rings. The van der Waals surface area contributed by atoms with E-state index in [4.69, 9.17) is 11.6 Å². The van der Waals surface area contributed by atoms with Crippen LogP contribution in [0.1, 0.15) is 16.2 Å². The summed E-state index contributed by atoms with van der Waals surface area (Å²) >= 11 is 5.47. The minimum atomic E-state index is -0.497. The average molecular weight is 187 g/mol. The van der Waals surface area contributed by atoms with Crippen molar-refractivity contribution in [2.24, 2.45) is 0 Å². The Hall–Kier alpha value is -1.16. The van der Waals surface area contributed by atoms with Crippen LogP contribution in [-0.4, -0.2) is 23.0 Å². The number of nitrogens with zero attached hydrogens (tertiary/aromatic N) is 2. The summed E-state index contributed by atoms with van der Waals surface area (Å²) in [6.45, 7) is 0. The molecule has 5 heteroatoms. The SMILES string of the molecule is COC(=O)c1cnc(CCl)cn1. The molecule has 0 aliphatic rings. The third-order valence-corrected chi connectivity index (χ3v) is 1.51. The summed E-state index contributed by atoms with van der Waals surface area (Å²) in [6.07, 6.45) is 2.78. The molecular formula is C7H7ClN2O2. The number of rotatable bonds is 2. The maximum Gasteiger partial charge on any atom is 0.358 e. The van der Waals surface area contributed by atoms with Crippen molar-refractivity contribution in [2.75, 3.05) is 7.11 Å². The van der Waals surface area contributed by atoms with Gasteiger partial charge in [0.25, 0.3) is 0 Å². The van der Waals surface area contributed by atoms with Gasteiger partial charge in [0.15, 0.2) is 5.69 Å². The molecule has 0 fully saturated rings. The van der Waals surface area contributed by atoms with E-state index in [-0.39, 0.29) is 11.6 Å². The van der Waals surface area contributed by atoms with E-state index in [1.165, 1.54) is 19.5 Å². The molecule has 0 spiro atoms. The first kappa shape index (κ1) is 8.93. The summed E-state index contributed by atoms with van der Waals surface area (Å²) in [5.74, 6) is -0.210. The van der Waals surface area contributed by atoms with Gasteiger partial charge in [0.2, 0.25) is 0 Å². The maximum absolute atomic E-state index is 10.9. The molecule has 0 saturated carbocycles. The molecule has 0 amide bonds. The van der Waals surface area contributed by atoms with Crippen molar-refractivity contribution in [1.29, 1.82) is 0 Å². The molecule has 0 atom stereocenters. The summed E-state index contributed by atoms with van der Waals surface area (Å²) < 4.78 is 4.44. The van der Waals surface area contributed by atoms with Crippen LogP contribution in [0.4, 0.5) is 0 Å². The van der Waals surface area contributed by atoms with E-state index in [0.717, 1.165) is 0 Å². The Morgan fingerprint density at radius 1 is 1.58 bits per heavy atom. The number of ether oxygens (including phenoxy) is 1. The van der Waals surface area contributed by atoms with E-state index >= 15 is 0 Å². The van der Waals surface area contributed by atoms with E-state index in [0.29, 0.717) is 5.69 Å². The van der Waals surface area contributed by atoms with Gasteiger partial charge >= 0.3 is 5.97 Å². The Morgan fingerprint density at radius 2 is 2.33 bits per heavy atom. The molecule has 1 rings (SSSR count). The van der Waals surface area contributed by atoms with Crippen LogP contribution in [0.5, 0.6) is 0 Å². The van der Waals surface area contributed by atoms with Gasteiger partial charge in [-0.15, -0.1) is 11.6 Å². The summed E-state index contributed by atoms with van der Waals surface area (Å²) in [7, 11) is 1.29. The number of aromatic nitrogens is 2. The van der Waals surface area contributed by atoms with Crippen LogP contribution < -0.4 is 0 Å². The number of hydrogen-bond donors (Lipinski definition) is 0. The average Bonchev–Trinajstić information content (AvgIpc) is 2.17. The van der Waals surface area contributed by atoms with Crippen molar-refractivity contribution in [3.63, 3.8) is 0 Å². The van der Waals surface area contributed by atoms with Gasteiger partial charge in [-0.05, 0) is 0 Å². The highest BCUT2D eigenvalue weighted by Gasteiger charge is 2.06. The third-order valence-electron chi connectivity index (χ3n) is 1.24. The largest absolute Gasteiger partial charge is 0.464 e. The Kier molecular flexibility index (Phi) is 2.99. The molecule has 0 unspecified atom stereocenters. The Labute approximate surface area is 74.5 Å². The van der Waals surface area contributed by atoms with Crippen LogP contribution in [0, 0.1) is 0 Å². The zero-order valence-corrected chi connectivity index (χ0v) is 7.21. The molecular weight excluding hydrogens is 180 g/mol. The number of alkyl halides is 1. The third kappa shape index (κ3) is 1.92. The minimum Gasteiger partial charge on any atom is -0.464 e. The molecule has 0 saturated heterocycles. The van der Waals surface area contributed by atoms with E-state index in [1.54, 1.807) is 0 Å². The number of esters is 1. The van der Waals surface area contributed by atoms with E-state index in [9.17, 15) is 4.79 Å². The molecule has 0 aliphatic heterocycles. The number of halogens is 1. The second kappa shape index (κ2) is 4.01. The number of hydrogen-bond acceptors (Lipinski definition) is 4. The fraction of sp³-hybridized carbons (Fsp3) is 0.286. The van der Waals surface area contributed by atoms with Crippen molar-refractivity contribution in [3.8, 4) is 0 Å². The van der Waals surface area contributed by atoms with E-state index in [1.807, 2.05) is 0 Å². The first-order chi connectivity index (χ1) is 5.77. The summed E-state index contributed by atoms with van der Waals surface area (Å²) in [5, 5.41) is 0. The summed E-state index contributed by atoms with van der Waals surface area (Å²) in [6, 6.07) is 0. The Bertz CT molecular complexity index is 273. The number of methoxy groups -OCH3 is 1. The summed E-state index contributed by atoms with van der Waals surface area (Å²) in [4.78, 5) is 18.5. The lowest BCUT2D eigenvalue weighted by molar-refractivity contribution is 0.0593. The molecule has 0 aromatic carbocycles. The van der Waals surface area contributed by atoms with Gasteiger partial charge in [-0.3, -0.25) is 4.98 Å². The van der Waals surface area contributed by atoms with Crippen molar-refractivity contribution < 1.29 is 9.53 Å². The van der Waals surface area contributed by atoms with Crippen LogP contribution in [0.25, 0.3) is 0 Å². The monoisotopic (exact) mass is 186 g/mol. The molecule has 0 radical (unpaired) electrons. The molecule has 4 nitrogen and oxygen atoms in total. The predicted octanol–water partition coefficient (Wildman–Crippen LogP) is 1.00.